The summed E-state index contributed by atoms with van der Waals surface area (Å²) in [5, 5.41) is 5.24. The Morgan fingerprint density at radius 1 is 1.00 bits per heavy atom. The topological polar surface area (TPSA) is 24.4 Å². The molecule has 0 fully saturated rings. The largest absolute Gasteiger partial charge is 0.278 e. The summed E-state index contributed by atoms with van der Waals surface area (Å²) >= 11 is 11.8. The number of hydrogen-bond donors (Lipinski definition) is 1. The first-order chi connectivity index (χ1) is 9.06. The summed E-state index contributed by atoms with van der Waals surface area (Å²) in [7, 11) is 0. The molecular weight excluding hydrogens is 279 g/mol. The summed E-state index contributed by atoms with van der Waals surface area (Å²) in [6.07, 6.45) is 1.79. The van der Waals surface area contributed by atoms with Crippen LogP contribution in [-0.4, -0.2) is 6.21 Å². The minimum absolute atomic E-state index is 0.508. The standard InChI is InChI=1S/C15H14Cl2N2/c1-10-3-4-12(11(2)7-10)9-18-19-13-5-6-14(16)15(17)8-13/h3-9,19H,1-2H3. The lowest BCUT2D eigenvalue weighted by Crippen LogP contribution is -1.93. The molecule has 2 aromatic carbocycles. The van der Waals surface area contributed by atoms with Crippen LogP contribution in [0.2, 0.25) is 10.0 Å². The van der Waals surface area contributed by atoms with Crippen LogP contribution in [0.15, 0.2) is 41.5 Å². The van der Waals surface area contributed by atoms with Crippen LogP contribution in [-0.2, 0) is 0 Å². The summed E-state index contributed by atoms with van der Waals surface area (Å²) in [5.41, 5.74) is 7.25. The minimum atomic E-state index is 0.508. The molecule has 0 bridgehead atoms. The van der Waals surface area contributed by atoms with Crippen LogP contribution >= 0.6 is 23.2 Å². The first-order valence-electron chi connectivity index (χ1n) is 5.87. The molecule has 98 valence electrons. The van der Waals surface area contributed by atoms with Gasteiger partial charge in [0.1, 0.15) is 0 Å². The Morgan fingerprint density at radius 3 is 2.47 bits per heavy atom. The molecular formula is C15H14Cl2N2. The van der Waals surface area contributed by atoms with Gasteiger partial charge in [-0.3, -0.25) is 5.43 Å². The Labute approximate surface area is 123 Å². The van der Waals surface area contributed by atoms with Crippen LogP contribution in [0.25, 0.3) is 0 Å². The molecule has 0 saturated carbocycles. The van der Waals surface area contributed by atoms with E-state index in [9.17, 15) is 0 Å². The average Bonchev–Trinajstić information content (AvgIpc) is 2.36. The van der Waals surface area contributed by atoms with Crippen molar-refractivity contribution in [2.24, 2.45) is 5.10 Å². The molecule has 0 amide bonds. The van der Waals surface area contributed by atoms with E-state index in [1.165, 1.54) is 11.1 Å². The molecule has 2 rings (SSSR count). The van der Waals surface area contributed by atoms with Gasteiger partial charge in [0.05, 0.1) is 21.9 Å². The lowest BCUT2D eigenvalue weighted by atomic mass is 10.1. The second-order valence-electron chi connectivity index (χ2n) is 4.36. The molecule has 0 aromatic heterocycles. The molecule has 0 aliphatic heterocycles. The van der Waals surface area contributed by atoms with Crippen LogP contribution in [0.5, 0.6) is 0 Å². The molecule has 0 aliphatic rings. The molecule has 2 nitrogen and oxygen atoms in total. The first kappa shape index (κ1) is 13.9. The Kier molecular flexibility index (Phi) is 4.46. The summed E-state index contributed by atoms with van der Waals surface area (Å²) in [6, 6.07) is 11.5. The minimum Gasteiger partial charge on any atom is -0.278 e. The fourth-order valence-electron chi connectivity index (χ4n) is 1.71. The van der Waals surface area contributed by atoms with Gasteiger partial charge in [0, 0.05) is 0 Å². The highest BCUT2D eigenvalue weighted by atomic mass is 35.5. The second kappa shape index (κ2) is 6.09. The lowest BCUT2D eigenvalue weighted by molar-refractivity contribution is 1.33. The van der Waals surface area contributed by atoms with Gasteiger partial charge in [-0.2, -0.15) is 5.10 Å². The van der Waals surface area contributed by atoms with E-state index < -0.39 is 0 Å². The number of hydrazone groups is 1. The molecule has 0 radical (unpaired) electrons. The number of nitrogens with one attached hydrogen (secondary N) is 1. The zero-order valence-electron chi connectivity index (χ0n) is 10.7. The van der Waals surface area contributed by atoms with E-state index in [1.807, 2.05) is 12.1 Å². The van der Waals surface area contributed by atoms with Crippen molar-refractivity contribution < 1.29 is 0 Å². The van der Waals surface area contributed by atoms with Crippen molar-refractivity contribution in [2.75, 3.05) is 5.43 Å². The zero-order chi connectivity index (χ0) is 13.8. The predicted molar refractivity (Wildman–Crippen MR) is 83.6 cm³/mol. The third-order valence-corrected chi connectivity index (χ3v) is 3.48. The van der Waals surface area contributed by atoms with Gasteiger partial charge in [-0.1, -0.05) is 47.0 Å². The number of hydrogen-bond acceptors (Lipinski definition) is 2. The SMILES string of the molecule is Cc1ccc(C=NNc2ccc(Cl)c(Cl)c2)c(C)c1. The van der Waals surface area contributed by atoms with Crippen LogP contribution < -0.4 is 5.43 Å². The highest BCUT2D eigenvalue weighted by Crippen LogP contribution is 2.24. The van der Waals surface area contributed by atoms with Crippen molar-refractivity contribution in [2.45, 2.75) is 13.8 Å². The third kappa shape index (κ3) is 3.72. The van der Waals surface area contributed by atoms with Gasteiger partial charge in [0.25, 0.3) is 0 Å². The van der Waals surface area contributed by atoms with Crippen LogP contribution in [0.1, 0.15) is 16.7 Å². The molecule has 0 heterocycles. The number of halogens is 2. The molecule has 0 saturated heterocycles. The Hall–Kier alpha value is -1.51. The number of anilines is 1. The lowest BCUT2D eigenvalue weighted by Gasteiger charge is -2.03. The van der Waals surface area contributed by atoms with E-state index in [1.54, 1.807) is 18.3 Å². The van der Waals surface area contributed by atoms with Crippen molar-refractivity contribution in [3.8, 4) is 0 Å². The highest BCUT2D eigenvalue weighted by Gasteiger charge is 1.98. The molecule has 1 N–H and O–H groups in total. The average molecular weight is 293 g/mol. The van der Waals surface area contributed by atoms with Crippen molar-refractivity contribution in [1.29, 1.82) is 0 Å². The number of aryl methyl sites for hydroxylation is 2. The van der Waals surface area contributed by atoms with Gasteiger partial charge < -0.3 is 0 Å². The predicted octanol–water partition coefficient (Wildman–Crippen LogP) is 5.06. The maximum atomic E-state index is 5.93. The summed E-state index contributed by atoms with van der Waals surface area (Å²) in [5.74, 6) is 0. The van der Waals surface area contributed by atoms with Gasteiger partial charge in [-0.15, -0.1) is 0 Å². The van der Waals surface area contributed by atoms with Gasteiger partial charge >= 0.3 is 0 Å². The van der Waals surface area contributed by atoms with Gasteiger partial charge in [-0.25, -0.2) is 0 Å². The van der Waals surface area contributed by atoms with Crippen molar-refractivity contribution in [1.82, 2.24) is 0 Å². The normalized spacial score (nSPS) is 10.9. The van der Waals surface area contributed by atoms with Crippen molar-refractivity contribution in [3.05, 3.63) is 63.1 Å². The number of rotatable bonds is 3. The number of benzene rings is 2. The summed E-state index contributed by atoms with van der Waals surface area (Å²) in [4.78, 5) is 0. The second-order valence-corrected chi connectivity index (χ2v) is 5.17. The molecule has 2 aromatic rings. The maximum absolute atomic E-state index is 5.93. The van der Waals surface area contributed by atoms with E-state index >= 15 is 0 Å². The molecule has 19 heavy (non-hydrogen) atoms. The third-order valence-electron chi connectivity index (χ3n) is 2.74. The zero-order valence-corrected chi connectivity index (χ0v) is 12.3. The Morgan fingerprint density at radius 2 is 1.79 bits per heavy atom. The maximum Gasteiger partial charge on any atom is 0.0613 e. The van der Waals surface area contributed by atoms with E-state index in [-0.39, 0.29) is 0 Å². The van der Waals surface area contributed by atoms with Crippen LogP contribution in [0.4, 0.5) is 5.69 Å². The molecule has 0 spiro atoms. The molecule has 0 aliphatic carbocycles. The summed E-state index contributed by atoms with van der Waals surface area (Å²) < 4.78 is 0. The van der Waals surface area contributed by atoms with E-state index in [2.05, 4.69) is 36.5 Å². The Bertz CT molecular complexity index is 622. The van der Waals surface area contributed by atoms with E-state index in [0.717, 1.165) is 11.3 Å². The highest BCUT2D eigenvalue weighted by molar-refractivity contribution is 6.42. The van der Waals surface area contributed by atoms with Crippen molar-refractivity contribution in [3.63, 3.8) is 0 Å². The van der Waals surface area contributed by atoms with Crippen LogP contribution in [0.3, 0.4) is 0 Å². The molecule has 0 unspecified atom stereocenters. The van der Waals surface area contributed by atoms with Crippen LogP contribution in [0, 0.1) is 13.8 Å². The van der Waals surface area contributed by atoms with Gasteiger partial charge in [0.2, 0.25) is 0 Å². The van der Waals surface area contributed by atoms with Gasteiger partial charge in [0.15, 0.2) is 0 Å². The van der Waals surface area contributed by atoms with E-state index in [4.69, 9.17) is 23.2 Å². The monoisotopic (exact) mass is 292 g/mol. The smallest absolute Gasteiger partial charge is 0.0613 e. The number of nitrogens with zero attached hydrogens (tertiary/aromatic N) is 1. The quantitative estimate of drug-likeness (QED) is 0.621. The Balaban J connectivity index is 2.09. The fourth-order valence-corrected chi connectivity index (χ4v) is 2.01. The van der Waals surface area contributed by atoms with E-state index in [0.29, 0.717) is 10.0 Å². The summed E-state index contributed by atoms with van der Waals surface area (Å²) in [6.45, 7) is 4.13. The van der Waals surface area contributed by atoms with Crippen molar-refractivity contribution >= 4 is 35.1 Å². The van der Waals surface area contributed by atoms with Gasteiger partial charge in [-0.05, 0) is 43.2 Å². The molecule has 0 atom stereocenters. The fraction of sp³-hybridized carbons (Fsp3) is 0.133. The first-order valence-corrected chi connectivity index (χ1v) is 6.63. The molecule has 4 heteroatoms.